The summed E-state index contributed by atoms with van der Waals surface area (Å²) < 4.78 is 20.2. The van der Waals surface area contributed by atoms with E-state index < -0.39 is 11.8 Å². The van der Waals surface area contributed by atoms with Crippen molar-refractivity contribution in [1.29, 1.82) is 0 Å². The molecule has 0 atom stereocenters. The Labute approximate surface area is 127 Å². The SMILES string of the molecule is CC(C)n1cc(N)cc1C(=O)OCc1ccc(Cl)c(F)c1. The van der Waals surface area contributed by atoms with Crippen molar-refractivity contribution in [2.75, 3.05) is 5.73 Å². The average Bonchev–Trinajstić information content (AvgIpc) is 2.82. The first-order valence-electron chi connectivity index (χ1n) is 6.47. The van der Waals surface area contributed by atoms with Gasteiger partial charge in [-0.3, -0.25) is 0 Å². The summed E-state index contributed by atoms with van der Waals surface area (Å²) >= 11 is 5.60. The highest BCUT2D eigenvalue weighted by atomic mass is 35.5. The van der Waals surface area contributed by atoms with Crippen LogP contribution < -0.4 is 5.73 Å². The zero-order valence-corrected chi connectivity index (χ0v) is 12.5. The van der Waals surface area contributed by atoms with Gasteiger partial charge in [0.1, 0.15) is 18.1 Å². The number of hydrogen-bond acceptors (Lipinski definition) is 3. The smallest absolute Gasteiger partial charge is 0.355 e. The van der Waals surface area contributed by atoms with E-state index in [4.69, 9.17) is 22.1 Å². The molecule has 0 bridgehead atoms. The zero-order chi connectivity index (χ0) is 15.6. The first kappa shape index (κ1) is 15.4. The van der Waals surface area contributed by atoms with Gasteiger partial charge in [-0.1, -0.05) is 17.7 Å². The van der Waals surface area contributed by atoms with E-state index in [1.165, 1.54) is 12.1 Å². The summed E-state index contributed by atoms with van der Waals surface area (Å²) in [5.74, 6) is -1.05. The molecule has 0 saturated heterocycles. The Balaban J connectivity index is 2.10. The van der Waals surface area contributed by atoms with Crippen molar-refractivity contribution in [2.45, 2.75) is 26.5 Å². The molecule has 0 fully saturated rings. The number of halogens is 2. The normalized spacial score (nSPS) is 10.9. The number of nitrogens with two attached hydrogens (primary N) is 1. The van der Waals surface area contributed by atoms with Crippen LogP contribution in [0.25, 0.3) is 0 Å². The number of benzene rings is 1. The number of nitrogen functional groups attached to an aromatic ring is 1. The first-order valence-corrected chi connectivity index (χ1v) is 6.84. The van der Waals surface area contributed by atoms with Gasteiger partial charge in [0, 0.05) is 12.2 Å². The second-order valence-electron chi connectivity index (χ2n) is 4.98. The largest absolute Gasteiger partial charge is 0.456 e. The van der Waals surface area contributed by atoms with Gasteiger partial charge in [-0.25, -0.2) is 9.18 Å². The monoisotopic (exact) mass is 310 g/mol. The van der Waals surface area contributed by atoms with Crippen LogP contribution in [0.5, 0.6) is 0 Å². The van der Waals surface area contributed by atoms with Crippen molar-refractivity contribution < 1.29 is 13.9 Å². The lowest BCUT2D eigenvalue weighted by atomic mass is 10.2. The summed E-state index contributed by atoms with van der Waals surface area (Å²) in [6.07, 6.45) is 1.68. The molecule has 0 spiro atoms. The predicted octanol–water partition coefficient (Wildman–Crippen LogP) is 3.80. The number of carbonyl (C=O) groups is 1. The molecular weight excluding hydrogens is 295 g/mol. The molecule has 4 nitrogen and oxygen atoms in total. The van der Waals surface area contributed by atoms with Crippen LogP contribution in [0, 0.1) is 5.82 Å². The zero-order valence-electron chi connectivity index (χ0n) is 11.8. The number of hydrogen-bond donors (Lipinski definition) is 1. The Hall–Kier alpha value is -2.01. The van der Waals surface area contributed by atoms with Crippen LogP contribution in [-0.2, 0) is 11.3 Å². The number of anilines is 1. The van der Waals surface area contributed by atoms with E-state index in [-0.39, 0.29) is 17.7 Å². The van der Waals surface area contributed by atoms with E-state index in [1.807, 2.05) is 13.8 Å². The summed E-state index contributed by atoms with van der Waals surface area (Å²) in [6, 6.07) is 5.91. The van der Waals surface area contributed by atoms with Gasteiger partial charge < -0.3 is 15.0 Å². The minimum Gasteiger partial charge on any atom is -0.456 e. The van der Waals surface area contributed by atoms with Crippen LogP contribution in [0.1, 0.15) is 35.9 Å². The summed E-state index contributed by atoms with van der Waals surface area (Å²) in [5, 5.41) is 0.0338. The first-order chi connectivity index (χ1) is 9.88. The van der Waals surface area contributed by atoms with Crippen LogP contribution in [0.2, 0.25) is 5.02 Å². The summed E-state index contributed by atoms with van der Waals surface area (Å²) in [4.78, 5) is 12.1. The molecule has 0 aliphatic heterocycles. The fraction of sp³-hybridized carbons (Fsp3) is 0.267. The molecule has 2 N–H and O–H groups in total. The maximum Gasteiger partial charge on any atom is 0.355 e. The molecule has 1 aromatic heterocycles. The van der Waals surface area contributed by atoms with Crippen molar-refractivity contribution in [3.63, 3.8) is 0 Å². The van der Waals surface area contributed by atoms with Gasteiger partial charge >= 0.3 is 5.97 Å². The minimum absolute atomic E-state index is 0.0316. The van der Waals surface area contributed by atoms with Crippen molar-refractivity contribution in [3.8, 4) is 0 Å². The van der Waals surface area contributed by atoms with Crippen LogP contribution in [0.3, 0.4) is 0 Å². The average molecular weight is 311 g/mol. The second kappa shape index (κ2) is 6.18. The molecule has 1 aromatic carbocycles. The van der Waals surface area contributed by atoms with Gasteiger partial charge in [-0.05, 0) is 37.6 Å². The maximum atomic E-state index is 13.3. The fourth-order valence-electron chi connectivity index (χ4n) is 1.94. The Morgan fingerprint density at radius 2 is 2.14 bits per heavy atom. The van der Waals surface area contributed by atoms with E-state index in [9.17, 15) is 9.18 Å². The molecule has 0 unspecified atom stereocenters. The topological polar surface area (TPSA) is 57.2 Å². The van der Waals surface area contributed by atoms with E-state index in [1.54, 1.807) is 22.9 Å². The van der Waals surface area contributed by atoms with Crippen molar-refractivity contribution in [2.24, 2.45) is 0 Å². The Morgan fingerprint density at radius 3 is 2.76 bits per heavy atom. The lowest BCUT2D eigenvalue weighted by molar-refractivity contribution is 0.0458. The van der Waals surface area contributed by atoms with E-state index in [0.717, 1.165) is 0 Å². The van der Waals surface area contributed by atoms with Gasteiger partial charge in [0.15, 0.2) is 0 Å². The van der Waals surface area contributed by atoms with Gasteiger partial charge in [-0.15, -0.1) is 0 Å². The van der Waals surface area contributed by atoms with Crippen LogP contribution in [0.4, 0.5) is 10.1 Å². The Bertz CT molecular complexity index is 668. The molecule has 0 aliphatic rings. The number of rotatable bonds is 4. The van der Waals surface area contributed by atoms with Crippen LogP contribution >= 0.6 is 11.6 Å². The predicted molar refractivity (Wildman–Crippen MR) is 79.8 cm³/mol. The van der Waals surface area contributed by atoms with Crippen molar-refractivity contribution >= 4 is 23.3 Å². The number of ether oxygens (including phenoxy) is 1. The van der Waals surface area contributed by atoms with Crippen molar-refractivity contribution in [3.05, 3.63) is 52.6 Å². The molecule has 0 radical (unpaired) electrons. The maximum absolute atomic E-state index is 13.3. The molecule has 6 heteroatoms. The molecule has 0 amide bonds. The van der Waals surface area contributed by atoms with E-state index >= 15 is 0 Å². The number of aromatic nitrogens is 1. The number of nitrogens with zero attached hydrogens (tertiary/aromatic N) is 1. The molecule has 2 rings (SSSR count). The summed E-state index contributed by atoms with van der Waals surface area (Å²) in [7, 11) is 0. The molecule has 21 heavy (non-hydrogen) atoms. The second-order valence-corrected chi connectivity index (χ2v) is 5.39. The number of esters is 1. The highest BCUT2D eigenvalue weighted by Gasteiger charge is 2.16. The van der Waals surface area contributed by atoms with E-state index in [0.29, 0.717) is 16.9 Å². The molecule has 1 heterocycles. The molecular formula is C15H16ClFN2O2. The lowest BCUT2D eigenvalue weighted by Crippen LogP contribution is -2.13. The van der Waals surface area contributed by atoms with Gasteiger partial charge in [0.25, 0.3) is 0 Å². The Kier molecular flexibility index (Phi) is 4.53. The van der Waals surface area contributed by atoms with Crippen LogP contribution in [-0.4, -0.2) is 10.5 Å². The molecule has 0 saturated carbocycles. The van der Waals surface area contributed by atoms with Gasteiger partial charge in [-0.2, -0.15) is 0 Å². The molecule has 2 aromatic rings. The third kappa shape index (κ3) is 3.55. The lowest BCUT2D eigenvalue weighted by Gasteiger charge is -2.12. The highest BCUT2D eigenvalue weighted by Crippen LogP contribution is 2.19. The fourth-order valence-corrected chi connectivity index (χ4v) is 2.06. The molecule has 0 aliphatic carbocycles. The summed E-state index contributed by atoms with van der Waals surface area (Å²) in [5.41, 5.74) is 7.10. The van der Waals surface area contributed by atoms with Crippen molar-refractivity contribution in [1.82, 2.24) is 4.57 Å². The molecule has 112 valence electrons. The van der Waals surface area contributed by atoms with Gasteiger partial charge in [0.2, 0.25) is 0 Å². The third-order valence-electron chi connectivity index (χ3n) is 2.99. The quantitative estimate of drug-likeness (QED) is 0.874. The minimum atomic E-state index is -0.542. The standard InChI is InChI=1S/C15H16ClFN2O2/c1-9(2)19-7-11(18)6-14(19)15(20)21-8-10-3-4-12(16)13(17)5-10/h3-7,9H,8,18H2,1-2H3. The van der Waals surface area contributed by atoms with E-state index in [2.05, 4.69) is 0 Å². The third-order valence-corrected chi connectivity index (χ3v) is 3.30. The van der Waals surface area contributed by atoms with Gasteiger partial charge in [0.05, 0.1) is 10.7 Å². The summed E-state index contributed by atoms with van der Waals surface area (Å²) in [6.45, 7) is 3.84. The van der Waals surface area contributed by atoms with Crippen LogP contribution in [0.15, 0.2) is 30.5 Å². The number of carbonyl (C=O) groups excluding carboxylic acids is 1. The Morgan fingerprint density at radius 1 is 1.43 bits per heavy atom. The highest BCUT2D eigenvalue weighted by molar-refractivity contribution is 6.30.